The highest BCUT2D eigenvalue weighted by Gasteiger charge is 2.20. The van der Waals surface area contributed by atoms with Crippen LogP contribution in [0, 0.1) is 0 Å². The molecule has 0 saturated carbocycles. The number of aromatic nitrogens is 1. The molecule has 2 aromatic rings. The lowest BCUT2D eigenvalue weighted by Crippen LogP contribution is -2.43. The number of halogens is 1. The fourth-order valence-electron chi connectivity index (χ4n) is 3.02. The van der Waals surface area contributed by atoms with Gasteiger partial charge in [0.15, 0.2) is 0 Å². The van der Waals surface area contributed by atoms with Crippen molar-refractivity contribution in [1.29, 1.82) is 0 Å². The SMILES string of the molecule is COc1ccc(C(=O)N2CCCNC(=O)c3cc(Cl)ccc3OCCNC(=O)C2)cn1. The summed E-state index contributed by atoms with van der Waals surface area (Å²) in [5.41, 5.74) is 0.652. The van der Waals surface area contributed by atoms with Gasteiger partial charge in [-0.25, -0.2) is 4.98 Å². The smallest absolute Gasteiger partial charge is 0.255 e. The molecule has 3 rings (SSSR count). The van der Waals surface area contributed by atoms with Crippen LogP contribution in [0.4, 0.5) is 0 Å². The molecule has 0 radical (unpaired) electrons. The second kappa shape index (κ2) is 10.6. The van der Waals surface area contributed by atoms with Crippen molar-refractivity contribution < 1.29 is 23.9 Å². The lowest BCUT2D eigenvalue weighted by Gasteiger charge is -2.23. The number of carbonyl (C=O) groups is 3. The summed E-state index contributed by atoms with van der Waals surface area (Å²) in [7, 11) is 1.49. The maximum Gasteiger partial charge on any atom is 0.255 e. The molecule has 0 bridgehead atoms. The molecule has 0 fully saturated rings. The number of nitrogens with zero attached hydrogens (tertiary/aromatic N) is 2. The molecular formula is C21H23ClN4O5. The van der Waals surface area contributed by atoms with Crippen molar-refractivity contribution in [3.05, 3.63) is 52.7 Å². The highest BCUT2D eigenvalue weighted by molar-refractivity contribution is 6.31. The van der Waals surface area contributed by atoms with Gasteiger partial charge < -0.3 is 25.0 Å². The first kappa shape index (κ1) is 22.4. The van der Waals surface area contributed by atoms with Crippen molar-refractivity contribution in [3.8, 4) is 11.6 Å². The third-order valence-corrected chi connectivity index (χ3v) is 4.81. The molecule has 0 aliphatic carbocycles. The Morgan fingerprint density at radius 2 is 2.03 bits per heavy atom. The zero-order chi connectivity index (χ0) is 22.2. The molecule has 0 atom stereocenters. The third kappa shape index (κ3) is 6.08. The molecule has 0 spiro atoms. The van der Waals surface area contributed by atoms with Crippen LogP contribution in [0.25, 0.3) is 0 Å². The maximum absolute atomic E-state index is 12.9. The first-order valence-electron chi connectivity index (χ1n) is 9.74. The summed E-state index contributed by atoms with van der Waals surface area (Å²) in [5.74, 6) is -0.195. The van der Waals surface area contributed by atoms with Gasteiger partial charge >= 0.3 is 0 Å². The molecule has 1 aromatic carbocycles. The number of benzene rings is 1. The Bertz CT molecular complexity index is 951. The van der Waals surface area contributed by atoms with E-state index in [9.17, 15) is 14.4 Å². The minimum absolute atomic E-state index is 0.120. The first-order chi connectivity index (χ1) is 15.0. The van der Waals surface area contributed by atoms with Crippen LogP contribution in [-0.2, 0) is 4.79 Å². The number of carbonyl (C=O) groups excluding carboxylic acids is 3. The van der Waals surface area contributed by atoms with Gasteiger partial charge in [0.1, 0.15) is 12.4 Å². The van der Waals surface area contributed by atoms with Crippen LogP contribution in [0.3, 0.4) is 0 Å². The van der Waals surface area contributed by atoms with Crippen LogP contribution >= 0.6 is 11.6 Å². The van der Waals surface area contributed by atoms with E-state index in [0.29, 0.717) is 40.7 Å². The fraction of sp³-hybridized carbons (Fsp3) is 0.333. The number of pyridine rings is 1. The molecule has 1 aliphatic rings. The van der Waals surface area contributed by atoms with Crippen LogP contribution in [-0.4, -0.2) is 67.5 Å². The zero-order valence-electron chi connectivity index (χ0n) is 17.0. The second-order valence-corrected chi connectivity index (χ2v) is 7.20. The molecule has 1 aliphatic heterocycles. The van der Waals surface area contributed by atoms with Gasteiger partial charge in [0, 0.05) is 30.4 Å². The van der Waals surface area contributed by atoms with E-state index in [-0.39, 0.29) is 44.0 Å². The number of hydrogen-bond donors (Lipinski definition) is 2. The van der Waals surface area contributed by atoms with E-state index < -0.39 is 0 Å². The van der Waals surface area contributed by atoms with Gasteiger partial charge in [0.25, 0.3) is 11.8 Å². The number of hydrogen-bond acceptors (Lipinski definition) is 6. The molecule has 1 aromatic heterocycles. The Hall–Kier alpha value is -3.33. The predicted molar refractivity (Wildman–Crippen MR) is 114 cm³/mol. The minimum Gasteiger partial charge on any atom is -0.491 e. The molecule has 0 unspecified atom stereocenters. The monoisotopic (exact) mass is 446 g/mol. The van der Waals surface area contributed by atoms with E-state index in [4.69, 9.17) is 21.1 Å². The van der Waals surface area contributed by atoms with Gasteiger partial charge in [0.2, 0.25) is 11.8 Å². The van der Waals surface area contributed by atoms with Crippen LogP contribution in [0.5, 0.6) is 11.6 Å². The quantitative estimate of drug-likeness (QED) is 0.723. The minimum atomic E-state index is -0.336. The number of methoxy groups -OCH3 is 1. The van der Waals surface area contributed by atoms with Crippen LogP contribution in [0.1, 0.15) is 27.1 Å². The van der Waals surface area contributed by atoms with Crippen LogP contribution in [0.15, 0.2) is 36.5 Å². The number of amides is 3. The lowest BCUT2D eigenvalue weighted by molar-refractivity contribution is -0.121. The molecular weight excluding hydrogens is 424 g/mol. The zero-order valence-corrected chi connectivity index (χ0v) is 17.8. The molecule has 31 heavy (non-hydrogen) atoms. The van der Waals surface area contributed by atoms with E-state index in [2.05, 4.69) is 15.6 Å². The lowest BCUT2D eigenvalue weighted by atomic mass is 10.2. The van der Waals surface area contributed by atoms with E-state index in [0.717, 1.165) is 0 Å². The van der Waals surface area contributed by atoms with Crippen molar-refractivity contribution in [2.45, 2.75) is 6.42 Å². The van der Waals surface area contributed by atoms with Gasteiger partial charge in [-0.05, 0) is 30.7 Å². The molecule has 9 nitrogen and oxygen atoms in total. The number of fused-ring (bicyclic) bond motifs is 1. The van der Waals surface area contributed by atoms with Gasteiger partial charge in [0.05, 0.1) is 31.3 Å². The average molecular weight is 447 g/mol. The van der Waals surface area contributed by atoms with Crippen molar-refractivity contribution in [3.63, 3.8) is 0 Å². The molecule has 0 saturated heterocycles. The highest BCUT2D eigenvalue weighted by atomic mass is 35.5. The summed E-state index contributed by atoms with van der Waals surface area (Å²) in [6.45, 7) is 0.832. The maximum atomic E-state index is 12.9. The topological polar surface area (TPSA) is 110 Å². The summed E-state index contributed by atoms with van der Waals surface area (Å²) in [6.07, 6.45) is 1.85. The predicted octanol–water partition coefficient (Wildman–Crippen LogP) is 1.51. The van der Waals surface area contributed by atoms with Crippen molar-refractivity contribution in [1.82, 2.24) is 20.5 Å². The van der Waals surface area contributed by atoms with Gasteiger partial charge in [-0.2, -0.15) is 0 Å². The molecule has 2 N–H and O–H groups in total. The third-order valence-electron chi connectivity index (χ3n) is 4.57. The van der Waals surface area contributed by atoms with Crippen LogP contribution in [0.2, 0.25) is 5.02 Å². The van der Waals surface area contributed by atoms with Crippen LogP contribution < -0.4 is 20.1 Å². The second-order valence-electron chi connectivity index (χ2n) is 6.76. The summed E-state index contributed by atoms with van der Waals surface area (Å²) in [6, 6.07) is 7.95. The van der Waals surface area contributed by atoms with Crippen molar-refractivity contribution in [2.75, 3.05) is 39.9 Å². The molecule has 10 heteroatoms. The van der Waals surface area contributed by atoms with E-state index in [1.165, 1.54) is 24.3 Å². The largest absolute Gasteiger partial charge is 0.491 e. The summed E-state index contributed by atoms with van der Waals surface area (Å²) in [5, 5.41) is 5.94. The number of ether oxygens (including phenoxy) is 2. The molecule has 164 valence electrons. The fourth-order valence-corrected chi connectivity index (χ4v) is 3.19. The van der Waals surface area contributed by atoms with Gasteiger partial charge in [-0.3, -0.25) is 14.4 Å². The molecule has 2 heterocycles. The average Bonchev–Trinajstić information content (AvgIpc) is 2.78. The Balaban J connectivity index is 1.73. The number of nitrogens with one attached hydrogen (secondary N) is 2. The standard InChI is InChI=1S/C21H23ClN4O5/c1-30-19-6-3-14(12-25-19)21(29)26-9-2-7-24-20(28)16-11-15(22)4-5-17(16)31-10-8-23-18(27)13-26/h3-6,11-12H,2,7-10,13H2,1H3,(H,23,27)(H,24,28). The first-order valence-corrected chi connectivity index (χ1v) is 10.1. The summed E-state index contributed by atoms with van der Waals surface area (Å²) < 4.78 is 10.6. The Kier molecular flexibility index (Phi) is 7.66. The van der Waals surface area contributed by atoms with Crippen molar-refractivity contribution in [2.24, 2.45) is 0 Å². The van der Waals surface area contributed by atoms with E-state index >= 15 is 0 Å². The van der Waals surface area contributed by atoms with E-state index in [1.54, 1.807) is 24.3 Å². The van der Waals surface area contributed by atoms with Gasteiger partial charge in [-0.15, -0.1) is 0 Å². The summed E-state index contributed by atoms with van der Waals surface area (Å²) in [4.78, 5) is 43.3. The van der Waals surface area contributed by atoms with E-state index in [1.807, 2.05) is 0 Å². The highest BCUT2D eigenvalue weighted by Crippen LogP contribution is 2.23. The molecule has 3 amide bonds. The number of rotatable bonds is 2. The normalized spacial score (nSPS) is 15.6. The van der Waals surface area contributed by atoms with Crippen molar-refractivity contribution >= 4 is 29.3 Å². The Morgan fingerprint density at radius 3 is 2.77 bits per heavy atom. The Morgan fingerprint density at radius 1 is 1.19 bits per heavy atom. The Labute approximate surface area is 184 Å². The summed E-state index contributed by atoms with van der Waals surface area (Å²) >= 11 is 6.02. The van der Waals surface area contributed by atoms with Gasteiger partial charge in [-0.1, -0.05) is 11.6 Å².